The third-order valence-electron chi connectivity index (χ3n) is 5.88. The number of piperazine rings is 1. The molecule has 0 radical (unpaired) electrons. The third-order valence-corrected chi connectivity index (χ3v) is 8.03. The van der Waals surface area contributed by atoms with Crippen molar-refractivity contribution >= 4 is 27.5 Å². The fourth-order valence-electron chi connectivity index (χ4n) is 4.17. The van der Waals surface area contributed by atoms with Gasteiger partial charge in [-0.25, -0.2) is 8.42 Å². The molecule has 0 saturated carbocycles. The van der Waals surface area contributed by atoms with Crippen molar-refractivity contribution in [2.45, 2.75) is 24.8 Å². The fourth-order valence-corrected chi connectivity index (χ4v) is 5.88. The number of amides is 2. The molecule has 178 valence electrons. The summed E-state index contributed by atoms with van der Waals surface area (Å²) in [6.07, 6.45) is -0.727. The molecule has 0 bridgehead atoms. The fraction of sp³-hybridized carbons (Fsp3) is 0.476. The predicted octanol–water partition coefficient (Wildman–Crippen LogP) is 0.138. The van der Waals surface area contributed by atoms with Crippen molar-refractivity contribution in [1.82, 2.24) is 19.7 Å². The molecule has 1 saturated heterocycles. The van der Waals surface area contributed by atoms with Gasteiger partial charge in [0.05, 0.1) is 18.8 Å². The summed E-state index contributed by atoms with van der Waals surface area (Å²) >= 11 is 0. The number of aryl methyl sites for hydroxylation is 2. The SMILES string of the molecule is CNC(=O)C1CN(CC(=O)N2CCN(S(=O)(=O)c3c(C)noc3C)CC2)c2ccccc2O1. The summed E-state index contributed by atoms with van der Waals surface area (Å²) in [7, 11) is -2.21. The Hall–Kier alpha value is -3.12. The van der Waals surface area contributed by atoms with Gasteiger partial charge in [-0.3, -0.25) is 9.59 Å². The van der Waals surface area contributed by atoms with Crippen molar-refractivity contribution in [1.29, 1.82) is 0 Å². The highest BCUT2D eigenvalue weighted by Gasteiger charge is 2.36. The molecule has 1 unspecified atom stereocenters. The number of para-hydroxylation sites is 2. The van der Waals surface area contributed by atoms with Crippen molar-refractivity contribution in [2.75, 3.05) is 51.2 Å². The second kappa shape index (κ2) is 9.02. The number of carbonyl (C=O) groups excluding carboxylic acids is 2. The minimum Gasteiger partial charge on any atom is -0.477 e. The van der Waals surface area contributed by atoms with E-state index in [-0.39, 0.29) is 61.7 Å². The number of likely N-dealkylation sites (N-methyl/N-ethyl adjacent to an activating group) is 1. The number of rotatable bonds is 5. The number of aromatic nitrogens is 1. The molecule has 11 nitrogen and oxygen atoms in total. The molecule has 1 aromatic carbocycles. The number of ether oxygens (including phenoxy) is 1. The maximum atomic E-state index is 13.1. The summed E-state index contributed by atoms with van der Waals surface area (Å²) in [5, 5.41) is 6.32. The minimum absolute atomic E-state index is 0.0600. The third kappa shape index (κ3) is 4.40. The molecule has 0 aliphatic carbocycles. The average Bonchev–Trinajstić information content (AvgIpc) is 3.17. The number of sulfonamides is 1. The van der Waals surface area contributed by atoms with E-state index in [4.69, 9.17) is 9.26 Å². The number of fused-ring (bicyclic) bond motifs is 1. The maximum Gasteiger partial charge on any atom is 0.262 e. The van der Waals surface area contributed by atoms with Crippen LogP contribution in [0.4, 0.5) is 5.69 Å². The molecule has 1 fully saturated rings. The molecule has 1 N–H and O–H groups in total. The zero-order valence-electron chi connectivity index (χ0n) is 18.8. The highest BCUT2D eigenvalue weighted by Crippen LogP contribution is 2.33. The summed E-state index contributed by atoms with van der Waals surface area (Å²) < 4.78 is 38.2. The summed E-state index contributed by atoms with van der Waals surface area (Å²) in [5.41, 5.74) is 1.06. The van der Waals surface area contributed by atoms with Crippen LogP contribution in [0.25, 0.3) is 0 Å². The van der Waals surface area contributed by atoms with Crippen LogP contribution in [0, 0.1) is 13.8 Å². The molecule has 0 spiro atoms. The Morgan fingerprint density at radius 3 is 2.48 bits per heavy atom. The first kappa shape index (κ1) is 23.1. The molecule has 12 heteroatoms. The first-order valence-corrected chi connectivity index (χ1v) is 12.1. The van der Waals surface area contributed by atoms with E-state index in [9.17, 15) is 18.0 Å². The van der Waals surface area contributed by atoms with E-state index in [1.165, 1.54) is 11.4 Å². The van der Waals surface area contributed by atoms with Crippen molar-refractivity contribution in [3.05, 3.63) is 35.7 Å². The van der Waals surface area contributed by atoms with Crippen LogP contribution in [0.5, 0.6) is 5.75 Å². The zero-order valence-corrected chi connectivity index (χ0v) is 19.6. The topological polar surface area (TPSA) is 125 Å². The Labute approximate surface area is 192 Å². The Morgan fingerprint density at radius 1 is 1.15 bits per heavy atom. The second-order valence-electron chi connectivity index (χ2n) is 8.01. The van der Waals surface area contributed by atoms with Gasteiger partial charge in [-0.15, -0.1) is 0 Å². The van der Waals surface area contributed by atoms with E-state index in [2.05, 4.69) is 10.5 Å². The van der Waals surface area contributed by atoms with Crippen LogP contribution in [0.3, 0.4) is 0 Å². The molecule has 3 heterocycles. The van der Waals surface area contributed by atoms with Crippen molar-refractivity contribution in [3.63, 3.8) is 0 Å². The van der Waals surface area contributed by atoms with Gasteiger partial charge in [-0.1, -0.05) is 17.3 Å². The molecule has 33 heavy (non-hydrogen) atoms. The van der Waals surface area contributed by atoms with E-state index in [1.807, 2.05) is 23.1 Å². The Balaban J connectivity index is 1.43. The van der Waals surface area contributed by atoms with E-state index in [0.29, 0.717) is 11.4 Å². The van der Waals surface area contributed by atoms with Crippen molar-refractivity contribution in [3.8, 4) is 5.75 Å². The lowest BCUT2D eigenvalue weighted by molar-refractivity contribution is -0.131. The highest BCUT2D eigenvalue weighted by atomic mass is 32.2. The number of hydrogen-bond donors (Lipinski definition) is 1. The standard InChI is InChI=1S/C21H27N5O6S/c1-14-20(15(2)32-23-14)33(29,30)26-10-8-24(9-11-26)19(27)13-25-12-18(21(28)22-3)31-17-7-5-4-6-16(17)25/h4-7,18H,8-13H2,1-3H3,(H,22,28). The van der Waals surface area contributed by atoms with Crippen LogP contribution in [0.1, 0.15) is 11.5 Å². The van der Waals surface area contributed by atoms with Gasteiger partial charge in [0.15, 0.2) is 11.9 Å². The van der Waals surface area contributed by atoms with Gasteiger partial charge in [0.2, 0.25) is 15.9 Å². The monoisotopic (exact) mass is 477 g/mol. The first-order valence-electron chi connectivity index (χ1n) is 10.7. The smallest absolute Gasteiger partial charge is 0.262 e. The van der Waals surface area contributed by atoms with E-state index < -0.39 is 16.1 Å². The number of anilines is 1. The summed E-state index contributed by atoms with van der Waals surface area (Å²) in [6.45, 7) is 4.36. The molecule has 4 rings (SSSR count). The zero-order chi connectivity index (χ0) is 23.8. The predicted molar refractivity (Wildman–Crippen MR) is 118 cm³/mol. The normalized spacial score (nSPS) is 19.1. The summed E-state index contributed by atoms with van der Waals surface area (Å²) in [5.74, 6) is 0.389. The number of carbonyl (C=O) groups is 2. The van der Waals surface area contributed by atoms with E-state index >= 15 is 0 Å². The van der Waals surface area contributed by atoms with Gasteiger partial charge in [0.1, 0.15) is 16.3 Å². The first-order chi connectivity index (χ1) is 15.7. The van der Waals surface area contributed by atoms with Crippen LogP contribution in [0.2, 0.25) is 0 Å². The van der Waals surface area contributed by atoms with Crippen LogP contribution in [0.15, 0.2) is 33.7 Å². The summed E-state index contributed by atoms with van der Waals surface area (Å²) in [4.78, 5) is 28.8. The number of hydrogen-bond acceptors (Lipinski definition) is 8. The van der Waals surface area contributed by atoms with Gasteiger partial charge in [-0.2, -0.15) is 4.31 Å². The van der Waals surface area contributed by atoms with E-state index in [0.717, 1.165) is 5.69 Å². The number of nitrogens with zero attached hydrogens (tertiary/aromatic N) is 4. The van der Waals surface area contributed by atoms with Gasteiger partial charge in [0.25, 0.3) is 5.91 Å². The van der Waals surface area contributed by atoms with Crippen LogP contribution in [-0.4, -0.2) is 87.0 Å². The molecular weight excluding hydrogens is 450 g/mol. The Kier molecular flexibility index (Phi) is 6.30. The quantitative estimate of drug-likeness (QED) is 0.645. The Bertz CT molecular complexity index is 1140. The van der Waals surface area contributed by atoms with Gasteiger partial charge < -0.3 is 24.4 Å². The molecule has 2 amide bonds. The molecule has 2 aromatic rings. The van der Waals surface area contributed by atoms with Crippen LogP contribution >= 0.6 is 0 Å². The number of benzene rings is 1. The van der Waals surface area contributed by atoms with E-state index in [1.54, 1.807) is 24.8 Å². The maximum absolute atomic E-state index is 13.1. The van der Waals surface area contributed by atoms with Crippen molar-refractivity contribution in [2.24, 2.45) is 0 Å². The van der Waals surface area contributed by atoms with Gasteiger partial charge >= 0.3 is 0 Å². The molecule has 1 aromatic heterocycles. The Morgan fingerprint density at radius 2 is 1.85 bits per heavy atom. The summed E-state index contributed by atoms with van der Waals surface area (Å²) in [6, 6.07) is 7.26. The lowest BCUT2D eigenvalue weighted by Crippen LogP contribution is -2.54. The van der Waals surface area contributed by atoms with Gasteiger partial charge in [0, 0.05) is 33.2 Å². The lowest BCUT2D eigenvalue weighted by atomic mass is 10.1. The van der Waals surface area contributed by atoms with Gasteiger partial charge in [-0.05, 0) is 26.0 Å². The number of nitrogens with one attached hydrogen (secondary N) is 1. The molecule has 2 aliphatic rings. The molecule has 1 atom stereocenters. The minimum atomic E-state index is -3.75. The molecule has 2 aliphatic heterocycles. The average molecular weight is 478 g/mol. The largest absolute Gasteiger partial charge is 0.477 e. The second-order valence-corrected chi connectivity index (χ2v) is 9.88. The highest BCUT2D eigenvalue weighted by molar-refractivity contribution is 7.89. The van der Waals surface area contributed by atoms with Crippen molar-refractivity contribution < 1.29 is 27.3 Å². The van der Waals surface area contributed by atoms with Crippen LogP contribution < -0.4 is 15.0 Å². The lowest BCUT2D eigenvalue weighted by Gasteiger charge is -2.38. The van der Waals surface area contributed by atoms with Crippen LogP contribution in [-0.2, 0) is 19.6 Å². The molecular formula is C21H27N5O6S.